The molecular weight excluding hydrogens is 360 g/mol. The van der Waals surface area contributed by atoms with E-state index in [0.29, 0.717) is 36.2 Å². The van der Waals surface area contributed by atoms with Crippen LogP contribution in [0.15, 0.2) is 15.3 Å². The summed E-state index contributed by atoms with van der Waals surface area (Å²) in [4.78, 5) is 27.4. The number of aliphatic hydroxyl groups excluding tert-OH is 1. The fourth-order valence-corrected chi connectivity index (χ4v) is 4.18. The number of hydrogen-bond donors (Lipinski definition) is 1. The highest BCUT2D eigenvalue weighted by molar-refractivity contribution is 5.95. The Bertz CT molecular complexity index is 944. The molecule has 0 bridgehead atoms. The van der Waals surface area contributed by atoms with Crippen LogP contribution >= 0.6 is 0 Å². The molecule has 0 spiro atoms. The van der Waals surface area contributed by atoms with Crippen LogP contribution in [-0.2, 0) is 13.7 Å². The molecule has 1 aliphatic carbocycles. The van der Waals surface area contributed by atoms with Crippen molar-refractivity contribution in [2.75, 3.05) is 13.1 Å². The van der Waals surface area contributed by atoms with Crippen molar-refractivity contribution in [3.63, 3.8) is 0 Å². The second-order valence-corrected chi connectivity index (χ2v) is 7.90. The Morgan fingerprint density at radius 1 is 1.25 bits per heavy atom. The monoisotopic (exact) mass is 386 g/mol. The lowest BCUT2D eigenvalue weighted by molar-refractivity contribution is 0.0697. The second kappa shape index (κ2) is 7.50. The molecule has 1 amide bonds. The largest absolute Gasteiger partial charge is 0.427 e. The normalized spacial score (nSPS) is 20.2. The van der Waals surface area contributed by atoms with Gasteiger partial charge in [0.2, 0.25) is 0 Å². The van der Waals surface area contributed by atoms with Crippen LogP contribution in [0.1, 0.15) is 77.3 Å². The van der Waals surface area contributed by atoms with Gasteiger partial charge in [-0.1, -0.05) is 6.42 Å². The van der Waals surface area contributed by atoms with Gasteiger partial charge in [-0.3, -0.25) is 4.79 Å². The number of piperidine rings is 1. The van der Waals surface area contributed by atoms with E-state index in [1.807, 2.05) is 20.0 Å². The Morgan fingerprint density at radius 3 is 2.61 bits per heavy atom. The lowest BCUT2D eigenvalue weighted by Gasteiger charge is -2.32. The van der Waals surface area contributed by atoms with Crippen LogP contribution < -0.4 is 5.63 Å². The van der Waals surface area contributed by atoms with Crippen LogP contribution in [0.2, 0.25) is 0 Å². The zero-order valence-corrected chi connectivity index (χ0v) is 16.3. The smallest absolute Gasteiger partial charge is 0.349 e. The number of nitrogens with zero attached hydrogens (tertiary/aromatic N) is 4. The van der Waals surface area contributed by atoms with Crippen molar-refractivity contribution >= 4 is 5.91 Å². The lowest BCUT2D eigenvalue weighted by atomic mass is 9.83. The quantitative estimate of drug-likeness (QED) is 0.861. The number of carbonyl (C=O) groups is 1. The van der Waals surface area contributed by atoms with Crippen LogP contribution in [0.4, 0.5) is 0 Å². The highest BCUT2D eigenvalue weighted by atomic mass is 16.4. The minimum Gasteiger partial charge on any atom is -0.427 e. The van der Waals surface area contributed by atoms with Gasteiger partial charge in [0.15, 0.2) is 5.82 Å². The van der Waals surface area contributed by atoms with Crippen molar-refractivity contribution in [2.45, 2.75) is 57.5 Å². The van der Waals surface area contributed by atoms with Crippen molar-refractivity contribution in [3.8, 4) is 0 Å². The molecular formula is C20H26N4O4. The van der Waals surface area contributed by atoms with Gasteiger partial charge >= 0.3 is 5.63 Å². The van der Waals surface area contributed by atoms with Crippen LogP contribution in [0.3, 0.4) is 0 Å². The summed E-state index contributed by atoms with van der Waals surface area (Å²) in [6.45, 7) is 2.71. The molecule has 1 unspecified atom stereocenters. The van der Waals surface area contributed by atoms with Gasteiger partial charge in [0.1, 0.15) is 23.8 Å². The zero-order valence-electron chi connectivity index (χ0n) is 16.3. The molecule has 28 heavy (non-hydrogen) atoms. The van der Waals surface area contributed by atoms with Crippen LogP contribution in [0.25, 0.3) is 0 Å². The van der Waals surface area contributed by atoms with Gasteiger partial charge in [-0.25, -0.2) is 4.79 Å². The fourth-order valence-electron chi connectivity index (χ4n) is 4.18. The summed E-state index contributed by atoms with van der Waals surface area (Å²) >= 11 is 0. The summed E-state index contributed by atoms with van der Waals surface area (Å²) in [6, 6.07) is 1.86. The number of aryl methyl sites for hydroxylation is 1. The summed E-state index contributed by atoms with van der Waals surface area (Å²) in [5, 5.41) is 17.5. The molecule has 0 aromatic carbocycles. The molecule has 2 fully saturated rings. The standard InChI is InChI=1S/C20H26N4O4/c1-12-9-15(13-5-3-6-13)28-20(27)17(12)19(26)24-8-4-7-14(10-24)18-22-21-16(11-25)23(18)2/h9,13-14,25H,3-8,10-11H2,1-2H3. The highest BCUT2D eigenvalue weighted by Gasteiger charge is 2.32. The number of aromatic nitrogens is 3. The molecule has 2 aromatic heterocycles. The SMILES string of the molecule is Cc1cc(C2CCC2)oc(=O)c1C(=O)N1CCCC(c2nnc(CO)n2C)C1. The maximum Gasteiger partial charge on any atom is 0.349 e. The number of rotatable bonds is 4. The van der Waals surface area contributed by atoms with Gasteiger partial charge in [-0.05, 0) is 44.2 Å². The molecule has 2 aliphatic rings. The molecule has 2 aromatic rings. The minimum absolute atomic E-state index is 0.0251. The van der Waals surface area contributed by atoms with Crippen molar-refractivity contribution in [3.05, 3.63) is 45.0 Å². The van der Waals surface area contributed by atoms with E-state index in [2.05, 4.69) is 10.2 Å². The Balaban J connectivity index is 1.56. The summed E-state index contributed by atoms with van der Waals surface area (Å²) in [6.07, 6.45) is 4.94. The average Bonchev–Trinajstić information content (AvgIpc) is 3.00. The first-order chi connectivity index (χ1) is 13.5. The number of amides is 1. The molecule has 8 heteroatoms. The Morgan fingerprint density at radius 2 is 2.00 bits per heavy atom. The van der Waals surface area contributed by atoms with E-state index in [0.717, 1.165) is 37.9 Å². The van der Waals surface area contributed by atoms with Gasteiger partial charge in [0.05, 0.1) is 0 Å². The molecule has 150 valence electrons. The predicted molar refractivity (Wildman–Crippen MR) is 101 cm³/mol. The van der Waals surface area contributed by atoms with Crippen molar-refractivity contribution < 1.29 is 14.3 Å². The summed E-state index contributed by atoms with van der Waals surface area (Å²) in [5.41, 5.74) is 0.291. The van der Waals surface area contributed by atoms with Gasteiger partial charge in [0.25, 0.3) is 5.91 Å². The number of hydrogen-bond acceptors (Lipinski definition) is 6. The summed E-state index contributed by atoms with van der Waals surface area (Å²) < 4.78 is 7.28. The van der Waals surface area contributed by atoms with E-state index in [-0.39, 0.29) is 24.0 Å². The van der Waals surface area contributed by atoms with E-state index in [4.69, 9.17) is 4.42 Å². The van der Waals surface area contributed by atoms with Crippen LogP contribution in [-0.4, -0.2) is 43.8 Å². The first-order valence-corrected chi connectivity index (χ1v) is 9.92. The lowest BCUT2D eigenvalue weighted by Crippen LogP contribution is -2.41. The minimum atomic E-state index is -0.532. The summed E-state index contributed by atoms with van der Waals surface area (Å²) in [5.74, 6) is 2.02. The zero-order chi connectivity index (χ0) is 19.8. The number of likely N-dealkylation sites (tertiary alicyclic amines) is 1. The Kier molecular flexibility index (Phi) is 5.05. The van der Waals surface area contributed by atoms with E-state index in [1.165, 1.54) is 0 Å². The maximum absolute atomic E-state index is 13.1. The maximum atomic E-state index is 13.1. The van der Waals surface area contributed by atoms with Crippen LogP contribution in [0.5, 0.6) is 0 Å². The first kappa shape index (κ1) is 18.9. The molecule has 1 N–H and O–H groups in total. The van der Waals surface area contributed by atoms with E-state index in [9.17, 15) is 14.7 Å². The first-order valence-electron chi connectivity index (χ1n) is 9.92. The Labute approximate surface area is 163 Å². The molecule has 1 saturated carbocycles. The molecule has 8 nitrogen and oxygen atoms in total. The number of carbonyl (C=O) groups excluding carboxylic acids is 1. The average molecular weight is 386 g/mol. The summed E-state index contributed by atoms with van der Waals surface area (Å²) in [7, 11) is 1.82. The van der Waals surface area contributed by atoms with Gasteiger partial charge in [-0.2, -0.15) is 0 Å². The second-order valence-electron chi connectivity index (χ2n) is 7.90. The van der Waals surface area contributed by atoms with Gasteiger partial charge in [0, 0.05) is 32.0 Å². The van der Waals surface area contributed by atoms with Crippen molar-refractivity contribution in [2.24, 2.45) is 7.05 Å². The number of aliphatic hydroxyl groups is 1. The third kappa shape index (κ3) is 3.26. The molecule has 1 aliphatic heterocycles. The molecule has 3 heterocycles. The molecule has 0 radical (unpaired) electrons. The Hall–Kier alpha value is -2.48. The van der Waals surface area contributed by atoms with E-state index >= 15 is 0 Å². The van der Waals surface area contributed by atoms with Crippen LogP contribution in [0, 0.1) is 6.92 Å². The van der Waals surface area contributed by atoms with E-state index in [1.54, 1.807) is 9.47 Å². The van der Waals surface area contributed by atoms with Crippen molar-refractivity contribution in [1.29, 1.82) is 0 Å². The fraction of sp³-hybridized carbons (Fsp3) is 0.600. The van der Waals surface area contributed by atoms with Crippen molar-refractivity contribution in [1.82, 2.24) is 19.7 Å². The molecule has 4 rings (SSSR count). The third-order valence-corrected chi connectivity index (χ3v) is 6.10. The van der Waals surface area contributed by atoms with Gasteiger partial charge in [-0.15, -0.1) is 10.2 Å². The predicted octanol–water partition coefficient (Wildman–Crippen LogP) is 1.86. The van der Waals surface area contributed by atoms with Gasteiger partial charge < -0.3 is 19.0 Å². The topological polar surface area (TPSA) is 101 Å². The molecule has 1 saturated heterocycles. The third-order valence-electron chi connectivity index (χ3n) is 6.10. The molecule has 1 atom stereocenters. The highest BCUT2D eigenvalue weighted by Crippen LogP contribution is 2.36. The van der Waals surface area contributed by atoms with E-state index < -0.39 is 5.63 Å².